The van der Waals surface area contributed by atoms with E-state index < -0.39 is 0 Å². The molecule has 0 heterocycles. The SMILES string of the molecule is COC(=O)c1ccc(-c2ccc(O)cc2)cc1C. The van der Waals surface area contributed by atoms with Crippen molar-refractivity contribution in [2.75, 3.05) is 7.11 Å². The molecule has 0 fully saturated rings. The number of aromatic hydroxyl groups is 1. The Balaban J connectivity index is 2.40. The smallest absolute Gasteiger partial charge is 0.338 e. The molecule has 0 saturated heterocycles. The van der Waals surface area contributed by atoms with Crippen molar-refractivity contribution in [1.29, 1.82) is 0 Å². The van der Waals surface area contributed by atoms with Crippen molar-refractivity contribution < 1.29 is 14.6 Å². The number of aryl methyl sites for hydroxylation is 1. The quantitative estimate of drug-likeness (QED) is 0.823. The molecule has 2 aromatic rings. The summed E-state index contributed by atoms with van der Waals surface area (Å²) >= 11 is 0. The van der Waals surface area contributed by atoms with E-state index in [-0.39, 0.29) is 11.7 Å². The fraction of sp³-hybridized carbons (Fsp3) is 0.133. The van der Waals surface area contributed by atoms with Gasteiger partial charge in [-0.2, -0.15) is 0 Å². The van der Waals surface area contributed by atoms with Gasteiger partial charge in [-0.3, -0.25) is 0 Å². The fourth-order valence-corrected chi connectivity index (χ4v) is 1.84. The molecular formula is C15H14O3. The van der Waals surface area contributed by atoms with Gasteiger partial charge in [-0.15, -0.1) is 0 Å². The summed E-state index contributed by atoms with van der Waals surface area (Å²) in [6.45, 7) is 1.87. The predicted octanol–water partition coefficient (Wildman–Crippen LogP) is 3.15. The average Bonchev–Trinajstić information content (AvgIpc) is 2.38. The highest BCUT2D eigenvalue weighted by atomic mass is 16.5. The van der Waals surface area contributed by atoms with E-state index >= 15 is 0 Å². The molecule has 0 radical (unpaired) electrons. The third-order valence-corrected chi connectivity index (χ3v) is 2.83. The number of phenols is 1. The molecule has 0 aromatic heterocycles. The summed E-state index contributed by atoms with van der Waals surface area (Å²) in [5, 5.41) is 9.25. The van der Waals surface area contributed by atoms with E-state index in [0.717, 1.165) is 16.7 Å². The molecule has 3 nitrogen and oxygen atoms in total. The lowest BCUT2D eigenvalue weighted by Gasteiger charge is -2.07. The highest BCUT2D eigenvalue weighted by molar-refractivity contribution is 5.91. The van der Waals surface area contributed by atoms with Gasteiger partial charge in [0.2, 0.25) is 0 Å². The molecule has 1 N–H and O–H groups in total. The van der Waals surface area contributed by atoms with Crippen molar-refractivity contribution in [2.24, 2.45) is 0 Å². The standard InChI is InChI=1S/C15H14O3/c1-10-9-12(5-8-14(10)15(17)18-2)11-3-6-13(16)7-4-11/h3-9,16H,1-2H3. The third-order valence-electron chi connectivity index (χ3n) is 2.83. The highest BCUT2D eigenvalue weighted by Crippen LogP contribution is 2.24. The lowest BCUT2D eigenvalue weighted by atomic mass is 10.00. The summed E-state index contributed by atoms with van der Waals surface area (Å²) in [5.41, 5.74) is 3.43. The first-order valence-corrected chi connectivity index (χ1v) is 5.60. The Hall–Kier alpha value is -2.29. The average molecular weight is 242 g/mol. The number of phenolic OH excluding ortho intramolecular Hbond substituents is 1. The van der Waals surface area contributed by atoms with Crippen molar-refractivity contribution >= 4 is 5.97 Å². The third kappa shape index (κ3) is 2.35. The van der Waals surface area contributed by atoms with Crippen molar-refractivity contribution in [3.63, 3.8) is 0 Å². The van der Waals surface area contributed by atoms with Crippen molar-refractivity contribution in [2.45, 2.75) is 6.92 Å². The lowest BCUT2D eigenvalue weighted by molar-refractivity contribution is 0.0600. The van der Waals surface area contributed by atoms with Gasteiger partial charge in [0.1, 0.15) is 5.75 Å². The van der Waals surface area contributed by atoms with E-state index in [0.29, 0.717) is 5.56 Å². The maximum absolute atomic E-state index is 11.5. The number of benzene rings is 2. The molecule has 0 saturated carbocycles. The van der Waals surface area contributed by atoms with Crippen LogP contribution in [-0.2, 0) is 4.74 Å². The number of ether oxygens (including phenoxy) is 1. The van der Waals surface area contributed by atoms with Crippen molar-refractivity contribution in [1.82, 2.24) is 0 Å². The highest BCUT2D eigenvalue weighted by Gasteiger charge is 2.09. The predicted molar refractivity (Wildman–Crippen MR) is 69.6 cm³/mol. The Bertz CT molecular complexity index is 571. The summed E-state index contributed by atoms with van der Waals surface area (Å²) in [7, 11) is 1.37. The molecule has 0 aliphatic rings. The van der Waals surface area contributed by atoms with Crippen LogP contribution in [0.3, 0.4) is 0 Å². The molecule has 18 heavy (non-hydrogen) atoms. The molecule has 2 aromatic carbocycles. The summed E-state index contributed by atoms with van der Waals surface area (Å²) in [6, 6.07) is 12.5. The monoisotopic (exact) mass is 242 g/mol. The number of carbonyl (C=O) groups is 1. The van der Waals surface area contributed by atoms with Crippen LogP contribution < -0.4 is 0 Å². The number of methoxy groups -OCH3 is 1. The zero-order valence-electron chi connectivity index (χ0n) is 10.3. The maximum atomic E-state index is 11.5. The van der Waals surface area contributed by atoms with Crippen LogP contribution in [0.25, 0.3) is 11.1 Å². The largest absolute Gasteiger partial charge is 0.508 e. The first-order valence-electron chi connectivity index (χ1n) is 5.60. The molecule has 0 atom stereocenters. The zero-order valence-corrected chi connectivity index (χ0v) is 10.3. The summed E-state index contributed by atoms with van der Waals surface area (Å²) in [6.07, 6.45) is 0. The van der Waals surface area contributed by atoms with E-state index in [1.54, 1.807) is 18.2 Å². The van der Waals surface area contributed by atoms with Crippen LogP contribution in [0.15, 0.2) is 42.5 Å². The number of hydrogen-bond acceptors (Lipinski definition) is 3. The van der Waals surface area contributed by atoms with E-state index in [2.05, 4.69) is 0 Å². The normalized spacial score (nSPS) is 10.1. The molecule has 0 unspecified atom stereocenters. The lowest BCUT2D eigenvalue weighted by Crippen LogP contribution is -2.03. The molecule has 3 heteroatoms. The molecule has 2 rings (SSSR count). The van der Waals surface area contributed by atoms with Crippen LogP contribution in [0.1, 0.15) is 15.9 Å². The van der Waals surface area contributed by atoms with Crippen molar-refractivity contribution in [3.8, 4) is 16.9 Å². The van der Waals surface area contributed by atoms with E-state index in [4.69, 9.17) is 4.74 Å². The molecular weight excluding hydrogens is 228 g/mol. The maximum Gasteiger partial charge on any atom is 0.338 e. The van der Waals surface area contributed by atoms with Gasteiger partial charge in [0.25, 0.3) is 0 Å². The summed E-state index contributed by atoms with van der Waals surface area (Å²) in [4.78, 5) is 11.5. The topological polar surface area (TPSA) is 46.5 Å². The van der Waals surface area contributed by atoms with Crippen molar-refractivity contribution in [3.05, 3.63) is 53.6 Å². The fourth-order valence-electron chi connectivity index (χ4n) is 1.84. The van der Waals surface area contributed by atoms with Gasteiger partial charge in [0, 0.05) is 0 Å². The Morgan fingerprint density at radius 1 is 1.06 bits per heavy atom. The Labute approximate surface area is 106 Å². The van der Waals surface area contributed by atoms with Crippen LogP contribution >= 0.6 is 0 Å². The summed E-state index contributed by atoms with van der Waals surface area (Å²) in [5.74, 6) is -0.0913. The number of rotatable bonds is 2. The van der Waals surface area contributed by atoms with Crippen LogP contribution in [-0.4, -0.2) is 18.2 Å². The van der Waals surface area contributed by atoms with Gasteiger partial charge in [-0.25, -0.2) is 4.79 Å². The summed E-state index contributed by atoms with van der Waals surface area (Å²) < 4.78 is 4.71. The Kier molecular flexibility index (Phi) is 3.33. The minimum atomic E-state index is -0.329. The Morgan fingerprint density at radius 2 is 1.67 bits per heavy atom. The van der Waals surface area contributed by atoms with Gasteiger partial charge >= 0.3 is 5.97 Å². The minimum Gasteiger partial charge on any atom is -0.508 e. The van der Waals surface area contributed by atoms with Gasteiger partial charge < -0.3 is 9.84 Å². The molecule has 0 amide bonds. The van der Waals surface area contributed by atoms with Crippen LogP contribution in [0.4, 0.5) is 0 Å². The molecule has 92 valence electrons. The Morgan fingerprint density at radius 3 is 2.22 bits per heavy atom. The van der Waals surface area contributed by atoms with Gasteiger partial charge in [0.15, 0.2) is 0 Å². The molecule has 0 aliphatic carbocycles. The van der Waals surface area contributed by atoms with Gasteiger partial charge in [0.05, 0.1) is 12.7 Å². The zero-order chi connectivity index (χ0) is 13.1. The van der Waals surface area contributed by atoms with Crippen LogP contribution in [0.2, 0.25) is 0 Å². The number of hydrogen-bond donors (Lipinski definition) is 1. The second-order valence-corrected chi connectivity index (χ2v) is 4.07. The van der Waals surface area contributed by atoms with Crippen LogP contribution in [0.5, 0.6) is 5.75 Å². The first kappa shape index (κ1) is 12.2. The second kappa shape index (κ2) is 4.92. The van der Waals surface area contributed by atoms with Crippen LogP contribution in [0, 0.1) is 6.92 Å². The second-order valence-electron chi connectivity index (χ2n) is 4.07. The van der Waals surface area contributed by atoms with Gasteiger partial charge in [-0.1, -0.05) is 24.3 Å². The van der Waals surface area contributed by atoms with Gasteiger partial charge in [-0.05, 0) is 41.8 Å². The first-order chi connectivity index (χ1) is 8.61. The number of carbonyl (C=O) groups excluding carboxylic acids is 1. The minimum absolute atomic E-state index is 0.238. The van der Waals surface area contributed by atoms with E-state index in [1.165, 1.54) is 7.11 Å². The molecule has 0 bridgehead atoms. The molecule has 0 spiro atoms. The van der Waals surface area contributed by atoms with E-state index in [9.17, 15) is 9.90 Å². The number of esters is 1. The van der Waals surface area contributed by atoms with E-state index in [1.807, 2.05) is 31.2 Å². The molecule has 0 aliphatic heterocycles.